The highest BCUT2D eigenvalue weighted by Gasteiger charge is 2.48. The van der Waals surface area contributed by atoms with E-state index in [1.54, 1.807) is 114 Å². The van der Waals surface area contributed by atoms with Crippen LogP contribution in [0.15, 0.2) is 0 Å². The molecule has 0 radical (unpaired) electrons. The minimum absolute atomic E-state index is 0.115. The van der Waals surface area contributed by atoms with Crippen molar-refractivity contribution in [3.05, 3.63) is 0 Å². The predicted molar refractivity (Wildman–Crippen MR) is 500 cm³/mol. The van der Waals surface area contributed by atoms with Crippen LogP contribution in [0.4, 0.5) is 0 Å². The third-order valence-electron chi connectivity index (χ3n) is 20.9. The Hall–Kier alpha value is 1.24. The fraction of sp³-hybridized carbons (Fsp3) is 1.00. The summed E-state index contributed by atoms with van der Waals surface area (Å²) in [6.07, 6.45) is 4.58. The molecule has 19 N–H and O–H groups in total. The van der Waals surface area contributed by atoms with Crippen LogP contribution in [0.5, 0.6) is 0 Å². The topological polar surface area (TPSA) is 523 Å². The van der Waals surface area contributed by atoms with E-state index in [0.29, 0.717) is 94.6 Å². The maximum atomic E-state index is 10.3. The molecule has 3 aliphatic carbocycles. The molecule has 0 saturated heterocycles. The lowest BCUT2D eigenvalue weighted by molar-refractivity contribution is -0.0303. The third kappa shape index (κ3) is 62.7. The number of aliphatic hydroxyl groups excluding tert-OH is 12. The van der Waals surface area contributed by atoms with Crippen LogP contribution in [0.2, 0.25) is 146 Å². The lowest BCUT2D eigenvalue weighted by Crippen LogP contribution is -2.51. The first kappa shape index (κ1) is 127. The minimum Gasteiger partial charge on any atom is -0.415 e. The minimum atomic E-state index is -3.31. The standard InChI is InChI=1S/C14H34O6Si2.C14H32O5Si2.C13H32O6Si2.C13H30O5Si2.C11H26O6Si2.C11H28O6Si2/c1-12(2)11-22(18-4,20-21(5,6)17)9-7-8-19-10-14(16)13(3)15;1-5-9-21(18-2,19-20(3,4)17)10-8-12-6-7-13(15)14(16)11-12;1-6-9-21(17-3,19-20(4,5)16)10-7-8-18-11-13(15)12(2)14;1-5-20(17-2,18-19(3,4)16)9-8-11-6-7-12(14)13(15)10-11;1-16-19(15,17-18(2,3)14)7-6-9-4-5-10(12)11(13)8-9;1-10(12)11(13)9-16-7-6-8-19(5,15-2)17-18(3,4)14/h12-17H,7-11H2,1-6H3;12-17H,5-11H2,1-4H3;12-16H,6-11H2,1-5H3;11-16H,5-10H2,1-4H3;9-15H,4-8H2,1-3H3;10-14H,6-9H2,1-5H3. The normalized spacial score (nSPS) is 24.7. The molecule has 3 rings (SSSR count). The smallest absolute Gasteiger partial charge is 0.415 e. The number of hydrogen-bond acceptors (Lipinski definition) is 34. The van der Waals surface area contributed by atoms with E-state index in [2.05, 4.69) is 34.6 Å². The van der Waals surface area contributed by atoms with Crippen molar-refractivity contribution < 1.29 is 160 Å². The Balaban J connectivity index is -0.00000139. The van der Waals surface area contributed by atoms with Gasteiger partial charge in [-0.2, -0.15) is 0 Å². The molecule has 0 heterocycles. The van der Waals surface area contributed by atoms with E-state index in [4.69, 9.17) is 75.7 Å². The highest BCUT2D eigenvalue weighted by molar-refractivity contribution is 6.82. The first-order valence-corrected chi connectivity index (χ1v) is 74.9. The predicted octanol–water partition coefficient (Wildman–Crippen LogP) is 7.51. The first-order valence-electron chi connectivity index (χ1n) is 44.3. The van der Waals surface area contributed by atoms with Crippen LogP contribution in [0.1, 0.15) is 165 Å². The molecule has 46 heteroatoms. The molecule has 3 fully saturated rings. The van der Waals surface area contributed by atoms with Crippen molar-refractivity contribution in [2.75, 3.05) is 82.3 Å². The molecule has 3 aliphatic rings. The second-order valence-corrected chi connectivity index (χ2v) is 77.8. The zero-order chi connectivity index (χ0) is 95.2. The maximum absolute atomic E-state index is 10.3. The van der Waals surface area contributed by atoms with Crippen LogP contribution in [0, 0.1) is 23.7 Å². The summed E-state index contributed by atoms with van der Waals surface area (Å²) in [6, 6.07) is 7.64. The first-order chi connectivity index (χ1) is 55.8. The molecule has 34 nitrogen and oxygen atoms in total. The summed E-state index contributed by atoms with van der Waals surface area (Å²) in [5.41, 5.74) is 0. The number of rotatable bonds is 55. The van der Waals surface area contributed by atoms with Crippen LogP contribution in [0.25, 0.3) is 0 Å². The van der Waals surface area contributed by atoms with Gasteiger partial charge in [0.25, 0.3) is 0 Å². The summed E-state index contributed by atoms with van der Waals surface area (Å²) in [5.74, 6) is 1.50. The van der Waals surface area contributed by atoms with Crippen molar-refractivity contribution in [1.82, 2.24) is 0 Å². The Morgan fingerprint density at radius 1 is 0.303 bits per heavy atom. The molecule has 0 aromatic heterocycles. The highest BCUT2D eigenvalue weighted by Crippen LogP contribution is 2.37. The van der Waals surface area contributed by atoms with Gasteiger partial charge in [0, 0.05) is 68.5 Å². The summed E-state index contributed by atoms with van der Waals surface area (Å²) < 4.78 is 84.4. The molecule has 21 atom stereocenters. The fourth-order valence-electron chi connectivity index (χ4n) is 14.5. The largest absolute Gasteiger partial charge is 0.489 e. The van der Waals surface area contributed by atoms with Crippen molar-refractivity contribution in [3.63, 3.8) is 0 Å². The SMILES string of the molecule is CCC[Si](CCC1CCC(O)C(O)C1)(OC)O[Si](C)(C)O.CCC[Si](CCCOCC(O)C(C)O)(OC)O[Si](C)(C)O.CC[Si](CCC1CCC(O)C(O)C1)(OC)O[Si](C)(C)O.CO[Si](C)(CCCOCC(O)C(C)O)O[Si](C)(C)O.CO[Si](CCCOCC(O)C(C)O)(CC(C)C)O[Si](C)(C)O.CO[Si](O)(CCC1CCC(O)C(O)C1)O[Si](C)(C)O. The Labute approximate surface area is 748 Å². The van der Waals surface area contributed by atoms with Gasteiger partial charge in [0.1, 0.15) is 18.3 Å². The van der Waals surface area contributed by atoms with Crippen LogP contribution in [-0.4, -0.2) is 353 Å². The van der Waals surface area contributed by atoms with Gasteiger partial charge in [0.15, 0.2) is 0 Å². The summed E-state index contributed by atoms with van der Waals surface area (Å²) in [6.45, 7) is 39.4. The van der Waals surface area contributed by atoms with Crippen molar-refractivity contribution in [3.8, 4) is 0 Å². The van der Waals surface area contributed by atoms with Gasteiger partial charge in [0.2, 0.25) is 0 Å². The quantitative estimate of drug-likeness (QED) is 0.0207. The van der Waals surface area contributed by atoms with Gasteiger partial charge >= 0.3 is 103 Å². The second-order valence-electron chi connectivity index (χ2n) is 37.0. The molecule has 3 saturated carbocycles. The molecule has 0 bridgehead atoms. The average molecular weight is 1980 g/mol. The molecular weight excluding hydrogens is 1790 g/mol. The van der Waals surface area contributed by atoms with Gasteiger partial charge < -0.3 is 160 Å². The van der Waals surface area contributed by atoms with Gasteiger partial charge in [0.05, 0.1) is 74.8 Å². The third-order valence-corrected chi connectivity index (χ3v) is 57.9. The van der Waals surface area contributed by atoms with Gasteiger partial charge in [-0.3, -0.25) is 0 Å². The summed E-state index contributed by atoms with van der Waals surface area (Å²) in [5, 5.41) is 113. The molecule has 738 valence electrons. The molecule has 0 spiro atoms. The van der Waals surface area contributed by atoms with E-state index in [0.717, 1.165) is 113 Å². The van der Waals surface area contributed by atoms with E-state index < -0.39 is 176 Å². The van der Waals surface area contributed by atoms with Gasteiger partial charge in [-0.25, -0.2) is 0 Å². The van der Waals surface area contributed by atoms with E-state index >= 15 is 0 Å². The van der Waals surface area contributed by atoms with Crippen LogP contribution in [-0.2, 0) is 65.5 Å². The zero-order valence-corrected chi connectivity index (χ0v) is 92.2. The number of ether oxygens (including phenoxy) is 3. The molecular formula is C76H182O34Si12. The van der Waals surface area contributed by atoms with E-state index in [-0.39, 0.29) is 25.7 Å². The van der Waals surface area contributed by atoms with E-state index in [9.17, 15) is 84.6 Å². The fourth-order valence-corrected chi connectivity index (χ4v) is 53.2. The molecule has 122 heavy (non-hydrogen) atoms. The van der Waals surface area contributed by atoms with Crippen molar-refractivity contribution >= 4 is 103 Å². The Kier molecular flexibility index (Phi) is 65.5. The maximum Gasteiger partial charge on any atom is 0.489 e. The summed E-state index contributed by atoms with van der Waals surface area (Å²) in [4.78, 5) is 70.1. The molecule has 0 aromatic carbocycles. The van der Waals surface area contributed by atoms with Gasteiger partial charge in [-0.05, 0) is 280 Å². The summed E-state index contributed by atoms with van der Waals surface area (Å²) >= 11 is 0. The molecule has 0 aliphatic heterocycles. The number of hydrogen-bond donors (Lipinski definition) is 19. The van der Waals surface area contributed by atoms with Crippen molar-refractivity contribution in [2.24, 2.45) is 23.7 Å². The molecule has 21 unspecified atom stereocenters. The lowest BCUT2D eigenvalue weighted by atomic mass is 9.84. The highest BCUT2D eigenvalue weighted by atomic mass is 28.5. The Bertz CT molecular complexity index is 2560. The van der Waals surface area contributed by atoms with Crippen LogP contribution in [0.3, 0.4) is 0 Å². The van der Waals surface area contributed by atoms with Crippen molar-refractivity contribution in [1.29, 1.82) is 0 Å². The van der Waals surface area contributed by atoms with Crippen molar-refractivity contribution in [2.45, 2.75) is 383 Å². The monoisotopic (exact) mass is 1970 g/mol. The summed E-state index contributed by atoms with van der Waals surface area (Å²) in [7, 11) is -21.4. The van der Waals surface area contributed by atoms with Crippen LogP contribution >= 0.6 is 0 Å². The molecule has 0 aromatic rings. The van der Waals surface area contributed by atoms with E-state index in [1.165, 1.54) is 27.9 Å². The molecule has 0 amide bonds. The second kappa shape index (κ2) is 62.7. The van der Waals surface area contributed by atoms with Gasteiger partial charge in [-0.15, -0.1) is 0 Å². The lowest BCUT2D eigenvalue weighted by Gasteiger charge is -2.36. The van der Waals surface area contributed by atoms with Gasteiger partial charge in [-0.1, -0.05) is 47.5 Å². The van der Waals surface area contributed by atoms with E-state index in [1.807, 2.05) is 6.55 Å². The number of aliphatic hydroxyl groups is 12. The average Bonchev–Trinajstić information content (AvgIpc) is 1.75. The Morgan fingerprint density at radius 2 is 0.582 bits per heavy atom. The Morgan fingerprint density at radius 3 is 0.844 bits per heavy atom. The van der Waals surface area contributed by atoms with Crippen LogP contribution < -0.4 is 0 Å². The zero-order valence-electron chi connectivity index (χ0n) is 80.2.